The molecule has 0 unspecified atom stereocenters. The summed E-state index contributed by atoms with van der Waals surface area (Å²) in [4.78, 5) is 0. The molecule has 1 aromatic heterocycles. The zero-order chi connectivity index (χ0) is 9.80. The van der Waals surface area contributed by atoms with Crippen molar-refractivity contribution in [3.05, 3.63) is 48.4 Å². The Kier molecular flexibility index (Phi) is 2.40. The van der Waals surface area contributed by atoms with Crippen LogP contribution >= 0.6 is 0 Å². The van der Waals surface area contributed by atoms with E-state index in [9.17, 15) is 0 Å². The Balaban J connectivity index is 2.02. The summed E-state index contributed by atoms with van der Waals surface area (Å²) in [5, 5.41) is 3.20. The molecule has 14 heavy (non-hydrogen) atoms. The van der Waals surface area contributed by atoms with E-state index in [1.807, 2.05) is 36.4 Å². The first-order valence-corrected chi connectivity index (χ1v) is 4.47. The first-order valence-electron chi connectivity index (χ1n) is 4.47. The lowest BCUT2D eigenvalue weighted by atomic mass is 10.2. The maximum atomic E-state index is 5.77. The minimum Gasteiger partial charge on any atom is -0.467 e. The third kappa shape index (κ3) is 1.88. The topological polar surface area (TPSA) is 51.2 Å². The van der Waals surface area contributed by atoms with Gasteiger partial charge in [-0.1, -0.05) is 12.1 Å². The molecule has 1 aromatic carbocycles. The van der Waals surface area contributed by atoms with Gasteiger partial charge in [-0.2, -0.15) is 0 Å². The Morgan fingerprint density at radius 2 is 2.00 bits per heavy atom. The SMILES string of the molecule is Nc1ccccc1NCc1ccco1. The van der Waals surface area contributed by atoms with E-state index >= 15 is 0 Å². The molecule has 0 aliphatic heterocycles. The third-order valence-electron chi connectivity index (χ3n) is 1.99. The lowest BCUT2D eigenvalue weighted by Crippen LogP contribution is -2.00. The number of nitrogen functional groups attached to an aromatic ring is 1. The molecule has 0 aliphatic rings. The van der Waals surface area contributed by atoms with Gasteiger partial charge in [-0.05, 0) is 24.3 Å². The molecule has 2 rings (SSSR count). The summed E-state index contributed by atoms with van der Waals surface area (Å²) in [5.74, 6) is 0.897. The number of nitrogens with two attached hydrogens (primary N) is 1. The van der Waals surface area contributed by atoms with E-state index in [0.717, 1.165) is 17.1 Å². The molecular formula is C11H12N2O. The number of benzene rings is 1. The average molecular weight is 188 g/mol. The van der Waals surface area contributed by atoms with Gasteiger partial charge in [0.05, 0.1) is 24.2 Å². The van der Waals surface area contributed by atoms with Gasteiger partial charge in [-0.25, -0.2) is 0 Å². The Hall–Kier alpha value is -1.90. The molecule has 2 aromatic rings. The van der Waals surface area contributed by atoms with Gasteiger partial charge < -0.3 is 15.5 Å². The van der Waals surface area contributed by atoms with Crippen LogP contribution in [0.1, 0.15) is 5.76 Å². The molecule has 3 N–H and O–H groups in total. The smallest absolute Gasteiger partial charge is 0.122 e. The predicted octanol–water partition coefficient (Wildman–Crippen LogP) is 2.47. The van der Waals surface area contributed by atoms with Crippen molar-refractivity contribution in [3.63, 3.8) is 0 Å². The van der Waals surface area contributed by atoms with E-state index in [1.54, 1.807) is 6.26 Å². The number of hydrogen-bond donors (Lipinski definition) is 2. The molecule has 0 aliphatic carbocycles. The molecular weight excluding hydrogens is 176 g/mol. The normalized spacial score (nSPS) is 10.0. The Bertz CT molecular complexity index is 395. The molecule has 0 bridgehead atoms. The molecule has 3 nitrogen and oxygen atoms in total. The fourth-order valence-corrected chi connectivity index (χ4v) is 1.25. The van der Waals surface area contributed by atoms with Crippen LogP contribution in [0.15, 0.2) is 47.1 Å². The standard InChI is InChI=1S/C11H12N2O/c12-10-5-1-2-6-11(10)13-8-9-4-3-7-14-9/h1-7,13H,8,12H2. The molecule has 0 saturated carbocycles. The summed E-state index contributed by atoms with van der Waals surface area (Å²) in [7, 11) is 0. The van der Waals surface area contributed by atoms with Crippen LogP contribution in [0.5, 0.6) is 0 Å². The number of nitrogens with one attached hydrogen (secondary N) is 1. The van der Waals surface area contributed by atoms with Gasteiger partial charge in [0.2, 0.25) is 0 Å². The molecule has 0 fully saturated rings. The van der Waals surface area contributed by atoms with Gasteiger partial charge in [0.1, 0.15) is 5.76 Å². The summed E-state index contributed by atoms with van der Waals surface area (Å²) >= 11 is 0. The van der Waals surface area contributed by atoms with Crippen LogP contribution in [0.25, 0.3) is 0 Å². The Morgan fingerprint density at radius 1 is 1.14 bits per heavy atom. The maximum absolute atomic E-state index is 5.77. The van der Waals surface area contributed by atoms with E-state index in [1.165, 1.54) is 0 Å². The van der Waals surface area contributed by atoms with Crippen LogP contribution in [0.4, 0.5) is 11.4 Å². The molecule has 72 valence electrons. The van der Waals surface area contributed by atoms with Crippen LogP contribution in [0.3, 0.4) is 0 Å². The number of furan rings is 1. The zero-order valence-corrected chi connectivity index (χ0v) is 7.73. The molecule has 1 heterocycles. The highest BCUT2D eigenvalue weighted by Gasteiger charge is 1.98. The quantitative estimate of drug-likeness (QED) is 0.727. The van der Waals surface area contributed by atoms with Gasteiger partial charge in [-0.3, -0.25) is 0 Å². The van der Waals surface area contributed by atoms with Crippen LogP contribution < -0.4 is 11.1 Å². The van der Waals surface area contributed by atoms with Crippen LogP contribution in [-0.2, 0) is 6.54 Å². The highest BCUT2D eigenvalue weighted by molar-refractivity contribution is 5.65. The monoisotopic (exact) mass is 188 g/mol. The lowest BCUT2D eigenvalue weighted by molar-refractivity contribution is 0.518. The highest BCUT2D eigenvalue weighted by Crippen LogP contribution is 2.17. The third-order valence-corrected chi connectivity index (χ3v) is 1.99. The largest absolute Gasteiger partial charge is 0.467 e. The lowest BCUT2D eigenvalue weighted by Gasteiger charge is -2.06. The predicted molar refractivity (Wildman–Crippen MR) is 56.9 cm³/mol. The first-order chi connectivity index (χ1) is 6.86. The summed E-state index contributed by atoms with van der Waals surface area (Å²) < 4.78 is 5.19. The van der Waals surface area contributed by atoms with Crippen LogP contribution in [0, 0.1) is 0 Å². The van der Waals surface area contributed by atoms with E-state index < -0.39 is 0 Å². The van der Waals surface area contributed by atoms with Gasteiger partial charge in [0, 0.05) is 0 Å². The van der Waals surface area contributed by atoms with E-state index in [4.69, 9.17) is 10.2 Å². The molecule has 0 saturated heterocycles. The van der Waals surface area contributed by atoms with E-state index in [0.29, 0.717) is 6.54 Å². The second-order valence-electron chi connectivity index (χ2n) is 3.02. The maximum Gasteiger partial charge on any atom is 0.122 e. The van der Waals surface area contributed by atoms with Gasteiger partial charge in [0.25, 0.3) is 0 Å². The fraction of sp³-hybridized carbons (Fsp3) is 0.0909. The molecule has 0 amide bonds. The summed E-state index contributed by atoms with van der Waals surface area (Å²) in [6, 6.07) is 11.5. The first kappa shape index (κ1) is 8.69. The van der Waals surface area contributed by atoms with Crippen LogP contribution in [0.2, 0.25) is 0 Å². The summed E-state index contributed by atoms with van der Waals surface area (Å²) in [5.41, 5.74) is 7.45. The highest BCUT2D eigenvalue weighted by atomic mass is 16.3. The minimum atomic E-state index is 0.654. The van der Waals surface area contributed by atoms with Gasteiger partial charge in [0.15, 0.2) is 0 Å². The summed E-state index contributed by atoms with van der Waals surface area (Å²) in [6.45, 7) is 0.654. The van der Waals surface area contributed by atoms with Gasteiger partial charge >= 0.3 is 0 Å². The van der Waals surface area contributed by atoms with Crippen molar-refractivity contribution in [1.29, 1.82) is 0 Å². The molecule has 3 heteroatoms. The molecule has 0 spiro atoms. The van der Waals surface area contributed by atoms with Crippen molar-refractivity contribution in [2.75, 3.05) is 11.1 Å². The average Bonchev–Trinajstić information content (AvgIpc) is 2.69. The van der Waals surface area contributed by atoms with Gasteiger partial charge in [-0.15, -0.1) is 0 Å². The van der Waals surface area contributed by atoms with Crippen molar-refractivity contribution >= 4 is 11.4 Å². The zero-order valence-electron chi connectivity index (χ0n) is 7.73. The van der Waals surface area contributed by atoms with E-state index in [-0.39, 0.29) is 0 Å². The Labute approximate surface area is 82.5 Å². The number of hydrogen-bond acceptors (Lipinski definition) is 3. The minimum absolute atomic E-state index is 0.654. The van der Waals surface area contributed by atoms with Crippen molar-refractivity contribution < 1.29 is 4.42 Å². The molecule has 0 radical (unpaired) electrons. The van der Waals surface area contributed by atoms with Crippen molar-refractivity contribution in [2.24, 2.45) is 0 Å². The number of anilines is 2. The number of para-hydroxylation sites is 2. The molecule has 0 atom stereocenters. The Morgan fingerprint density at radius 3 is 2.71 bits per heavy atom. The van der Waals surface area contributed by atoms with Crippen LogP contribution in [-0.4, -0.2) is 0 Å². The van der Waals surface area contributed by atoms with Crippen molar-refractivity contribution in [1.82, 2.24) is 0 Å². The fourth-order valence-electron chi connectivity index (χ4n) is 1.25. The van der Waals surface area contributed by atoms with Crippen molar-refractivity contribution in [2.45, 2.75) is 6.54 Å². The summed E-state index contributed by atoms with van der Waals surface area (Å²) in [6.07, 6.45) is 1.66. The second-order valence-corrected chi connectivity index (χ2v) is 3.02. The van der Waals surface area contributed by atoms with Crippen molar-refractivity contribution in [3.8, 4) is 0 Å². The van der Waals surface area contributed by atoms with E-state index in [2.05, 4.69) is 5.32 Å². The second kappa shape index (κ2) is 3.87. The number of rotatable bonds is 3.